The standard InChI is InChI=1S/C5H11O5P/c1-3-4(2)11(8,9)10-5(6)7/h4H,3H2,1-2H3,(H,6,7)(H,8,9). The van der Waals surface area contributed by atoms with E-state index in [0.717, 1.165) is 0 Å². The van der Waals surface area contributed by atoms with E-state index in [9.17, 15) is 9.36 Å². The van der Waals surface area contributed by atoms with Crippen molar-refractivity contribution in [2.24, 2.45) is 0 Å². The third-order valence-corrected chi connectivity index (χ3v) is 3.25. The Morgan fingerprint density at radius 2 is 2.18 bits per heavy atom. The molecule has 0 aliphatic carbocycles. The van der Waals surface area contributed by atoms with Crippen LogP contribution in [0, 0.1) is 0 Å². The minimum Gasteiger partial charge on any atom is -0.449 e. The third-order valence-electron chi connectivity index (χ3n) is 1.36. The zero-order chi connectivity index (χ0) is 9.07. The summed E-state index contributed by atoms with van der Waals surface area (Å²) in [5.41, 5.74) is -0.640. The number of hydrogen-bond acceptors (Lipinski definition) is 3. The van der Waals surface area contributed by atoms with E-state index in [1.165, 1.54) is 6.92 Å². The highest BCUT2D eigenvalue weighted by molar-refractivity contribution is 7.54. The van der Waals surface area contributed by atoms with Gasteiger partial charge in [-0.2, -0.15) is 0 Å². The minimum absolute atomic E-state index is 0.404. The topological polar surface area (TPSA) is 83.8 Å². The molecule has 0 spiro atoms. The molecule has 0 fully saturated rings. The summed E-state index contributed by atoms with van der Waals surface area (Å²) in [6.45, 7) is 3.14. The summed E-state index contributed by atoms with van der Waals surface area (Å²) in [5.74, 6) is 0. The van der Waals surface area contributed by atoms with Gasteiger partial charge < -0.3 is 14.5 Å². The maximum absolute atomic E-state index is 10.9. The van der Waals surface area contributed by atoms with Gasteiger partial charge in [0.1, 0.15) is 0 Å². The first-order valence-electron chi connectivity index (χ1n) is 3.15. The lowest BCUT2D eigenvalue weighted by molar-refractivity contribution is 0.137. The first-order chi connectivity index (χ1) is 4.90. The highest BCUT2D eigenvalue weighted by Gasteiger charge is 2.30. The zero-order valence-electron chi connectivity index (χ0n) is 6.35. The number of hydrogen-bond donors (Lipinski definition) is 2. The molecule has 0 heterocycles. The van der Waals surface area contributed by atoms with Gasteiger partial charge in [0.25, 0.3) is 0 Å². The fraction of sp³-hybridized carbons (Fsp3) is 0.800. The molecular formula is C5H11O5P. The van der Waals surface area contributed by atoms with Gasteiger partial charge >= 0.3 is 13.8 Å². The Kier molecular flexibility index (Phi) is 3.55. The van der Waals surface area contributed by atoms with Gasteiger partial charge in [0.2, 0.25) is 0 Å². The summed E-state index contributed by atoms with van der Waals surface area (Å²) in [7, 11) is -3.94. The first kappa shape index (κ1) is 10.5. The van der Waals surface area contributed by atoms with Crippen LogP contribution in [0.2, 0.25) is 0 Å². The molecule has 11 heavy (non-hydrogen) atoms. The van der Waals surface area contributed by atoms with Gasteiger partial charge in [0, 0.05) is 0 Å². The SMILES string of the molecule is CCC(C)P(=O)(O)OC(=O)O. The highest BCUT2D eigenvalue weighted by atomic mass is 31.2. The second-order valence-corrected chi connectivity index (χ2v) is 4.37. The second kappa shape index (κ2) is 3.74. The Bertz CT molecular complexity index is 189. The van der Waals surface area contributed by atoms with Crippen LogP contribution in [0.3, 0.4) is 0 Å². The summed E-state index contributed by atoms with van der Waals surface area (Å²) in [6.07, 6.45) is -1.31. The minimum atomic E-state index is -3.94. The highest BCUT2D eigenvalue weighted by Crippen LogP contribution is 2.48. The van der Waals surface area contributed by atoms with E-state index in [1.807, 2.05) is 0 Å². The van der Waals surface area contributed by atoms with Gasteiger partial charge in [0.15, 0.2) is 0 Å². The molecule has 2 atom stereocenters. The first-order valence-corrected chi connectivity index (χ1v) is 4.79. The monoisotopic (exact) mass is 182 g/mol. The predicted octanol–water partition coefficient (Wildman–Crippen LogP) is 1.66. The molecule has 2 unspecified atom stereocenters. The summed E-state index contributed by atoms with van der Waals surface area (Å²) in [4.78, 5) is 18.8. The molecule has 5 nitrogen and oxygen atoms in total. The summed E-state index contributed by atoms with van der Waals surface area (Å²) in [6, 6.07) is 0. The van der Waals surface area contributed by atoms with Crippen molar-refractivity contribution in [1.82, 2.24) is 0 Å². The molecule has 0 aromatic heterocycles. The summed E-state index contributed by atoms with van der Waals surface area (Å²) >= 11 is 0. The van der Waals surface area contributed by atoms with Crippen molar-refractivity contribution < 1.29 is 23.9 Å². The molecule has 0 rings (SSSR count). The molecule has 2 N–H and O–H groups in total. The average Bonchev–Trinajstić information content (AvgIpc) is 1.83. The Labute approximate surface area is 64.5 Å². The number of carboxylic acid groups (broad SMARTS) is 1. The van der Waals surface area contributed by atoms with Crippen molar-refractivity contribution >= 4 is 13.8 Å². The number of rotatable bonds is 3. The van der Waals surface area contributed by atoms with Crippen LogP contribution in [0.1, 0.15) is 20.3 Å². The molecule has 0 saturated heterocycles. The van der Waals surface area contributed by atoms with Gasteiger partial charge in [-0.05, 0) is 13.3 Å². The molecule has 66 valence electrons. The maximum Gasteiger partial charge on any atom is 0.512 e. The van der Waals surface area contributed by atoms with E-state index in [2.05, 4.69) is 4.52 Å². The van der Waals surface area contributed by atoms with Crippen LogP contribution in [0.4, 0.5) is 4.79 Å². The average molecular weight is 182 g/mol. The Balaban J connectivity index is 4.22. The van der Waals surface area contributed by atoms with Crippen LogP contribution < -0.4 is 0 Å². The van der Waals surface area contributed by atoms with Crippen LogP contribution in [0.5, 0.6) is 0 Å². The van der Waals surface area contributed by atoms with Gasteiger partial charge in [-0.1, -0.05) is 6.92 Å². The van der Waals surface area contributed by atoms with Crippen LogP contribution >= 0.6 is 7.60 Å². The lowest BCUT2D eigenvalue weighted by atomic mass is 10.4. The van der Waals surface area contributed by atoms with Crippen molar-refractivity contribution in [3.05, 3.63) is 0 Å². The fourth-order valence-corrected chi connectivity index (χ4v) is 1.30. The normalized spacial score (nSPS) is 18.5. The lowest BCUT2D eigenvalue weighted by Gasteiger charge is -2.14. The van der Waals surface area contributed by atoms with Crippen LogP contribution in [-0.4, -0.2) is 21.8 Å². The molecular weight excluding hydrogens is 171 g/mol. The van der Waals surface area contributed by atoms with E-state index in [1.54, 1.807) is 6.92 Å². The third kappa shape index (κ3) is 3.39. The smallest absolute Gasteiger partial charge is 0.449 e. The second-order valence-electron chi connectivity index (χ2n) is 2.18. The summed E-state index contributed by atoms with van der Waals surface area (Å²) in [5, 5.41) is 8.04. The van der Waals surface area contributed by atoms with Crippen molar-refractivity contribution in [1.29, 1.82) is 0 Å². The van der Waals surface area contributed by atoms with Crippen LogP contribution in [0.15, 0.2) is 0 Å². The van der Waals surface area contributed by atoms with E-state index in [4.69, 9.17) is 10.00 Å². The van der Waals surface area contributed by atoms with E-state index in [-0.39, 0.29) is 0 Å². The van der Waals surface area contributed by atoms with Crippen molar-refractivity contribution in [2.75, 3.05) is 0 Å². The molecule has 0 aromatic carbocycles. The van der Waals surface area contributed by atoms with Crippen LogP contribution in [-0.2, 0) is 9.09 Å². The Morgan fingerprint density at radius 3 is 2.45 bits per heavy atom. The van der Waals surface area contributed by atoms with Gasteiger partial charge in [0.05, 0.1) is 5.66 Å². The maximum atomic E-state index is 10.9. The van der Waals surface area contributed by atoms with Crippen molar-refractivity contribution in [2.45, 2.75) is 25.9 Å². The predicted molar refractivity (Wildman–Crippen MR) is 38.7 cm³/mol. The molecule has 0 bridgehead atoms. The molecule has 0 aliphatic heterocycles. The Hall–Kier alpha value is -0.540. The fourth-order valence-electron chi connectivity index (χ4n) is 0.433. The van der Waals surface area contributed by atoms with Crippen LogP contribution in [0.25, 0.3) is 0 Å². The zero-order valence-corrected chi connectivity index (χ0v) is 7.25. The molecule has 6 heteroatoms. The molecule has 0 radical (unpaired) electrons. The molecule has 0 saturated carbocycles. The van der Waals surface area contributed by atoms with E-state index >= 15 is 0 Å². The van der Waals surface area contributed by atoms with Gasteiger partial charge in [-0.3, -0.25) is 0 Å². The van der Waals surface area contributed by atoms with E-state index < -0.39 is 19.4 Å². The van der Waals surface area contributed by atoms with Crippen molar-refractivity contribution in [3.8, 4) is 0 Å². The molecule has 0 aromatic rings. The largest absolute Gasteiger partial charge is 0.512 e. The van der Waals surface area contributed by atoms with Gasteiger partial charge in [-0.15, -0.1) is 0 Å². The number of carbonyl (C=O) groups is 1. The quantitative estimate of drug-likeness (QED) is 0.648. The Morgan fingerprint density at radius 1 is 1.73 bits per heavy atom. The molecule has 0 aliphatic rings. The molecule has 0 amide bonds. The van der Waals surface area contributed by atoms with Crippen molar-refractivity contribution in [3.63, 3.8) is 0 Å². The summed E-state index contributed by atoms with van der Waals surface area (Å²) < 4.78 is 14.7. The lowest BCUT2D eigenvalue weighted by Crippen LogP contribution is -2.07. The van der Waals surface area contributed by atoms with E-state index in [0.29, 0.717) is 6.42 Å². The van der Waals surface area contributed by atoms with Gasteiger partial charge in [-0.25, -0.2) is 9.36 Å².